The zero-order valence-corrected chi connectivity index (χ0v) is 30.6. The highest BCUT2D eigenvalue weighted by Gasteiger charge is 2.33. The maximum atomic E-state index is 13.6. The molecule has 0 bridgehead atoms. The maximum Gasteiger partial charge on any atom is 0.332 e. The molecule has 10 nitrogen and oxygen atoms in total. The van der Waals surface area contributed by atoms with Crippen LogP contribution in [0.4, 0.5) is 5.69 Å². The van der Waals surface area contributed by atoms with Crippen molar-refractivity contribution < 1.29 is 19.1 Å². The Balaban J connectivity index is 1.14. The lowest BCUT2D eigenvalue weighted by molar-refractivity contribution is -0.161. The molecule has 4 aromatic rings. The van der Waals surface area contributed by atoms with Crippen LogP contribution in [0.3, 0.4) is 0 Å². The first kappa shape index (κ1) is 34.8. The Morgan fingerprint density at radius 2 is 1.78 bits per heavy atom. The van der Waals surface area contributed by atoms with Gasteiger partial charge < -0.3 is 19.7 Å². The van der Waals surface area contributed by atoms with Gasteiger partial charge in [0, 0.05) is 39.8 Å². The number of fused-ring (bicyclic) bond motifs is 3. The minimum atomic E-state index is -0.540. The fourth-order valence-corrected chi connectivity index (χ4v) is 7.66. The van der Waals surface area contributed by atoms with Crippen LogP contribution in [0, 0.1) is 20.8 Å². The fourth-order valence-electron chi connectivity index (χ4n) is 6.32. The third-order valence-corrected chi connectivity index (χ3v) is 10.3. The third-order valence-electron chi connectivity index (χ3n) is 8.87. The molecule has 1 amide bonds. The Hall–Kier alpha value is -4.06. The van der Waals surface area contributed by atoms with Gasteiger partial charge in [0.2, 0.25) is 5.91 Å². The Kier molecular flexibility index (Phi) is 9.97. The summed E-state index contributed by atoms with van der Waals surface area (Å²) in [7, 11) is 0. The van der Waals surface area contributed by atoms with Crippen molar-refractivity contribution in [2.24, 2.45) is 4.99 Å². The molecule has 2 aliphatic heterocycles. The van der Waals surface area contributed by atoms with Gasteiger partial charge in [-0.15, -0.1) is 21.5 Å². The molecule has 12 heteroatoms. The molecule has 3 atom stereocenters. The van der Waals surface area contributed by atoms with Crippen LogP contribution in [-0.2, 0) is 19.1 Å². The molecule has 1 fully saturated rings. The molecular weight excluding hydrogens is 660 g/mol. The number of aromatic nitrogens is 3. The summed E-state index contributed by atoms with van der Waals surface area (Å²) in [6.45, 7) is 15.2. The number of aliphatic imine (C=N–C) groups is 1. The van der Waals surface area contributed by atoms with Crippen LogP contribution >= 0.6 is 22.9 Å². The third kappa shape index (κ3) is 7.74. The normalized spacial score (nSPS) is 18.0. The molecule has 0 unspecified atom stereocenters. The minimum absolute atomic E-state index is 0.0363. The number of aryl methyl sites for hydroxylation is 2. The molecule has 2 aliphatic rings. The van der Waals surface area contributed by atoms with Crippen LogP contribution in [0.1, 0.15) is 91.4 Å². The van der Waals surface area contributed by atoms with Crippen molar-refractivity contribution in [2.75, 3.05) is 24.6 Å². The van der Waals surface area contributed by atoms with Gasteiger partial charge in [-0.25, -0.2) is 4.79 Å². The number of hydrogen-bond acceptors (Lipinski definition) is 9. The number of halogens is 1. The summed E-state index contributed by atoms with van der Waals surface area (Å²) in [6.07, 6.45) is 0.912. The number of nitrogens with zero attached hydrogens (tertiary/aromatic N) is 5. The van der Waals surface area contributed by atoms with Crippen molar-refractivity contribution in [3.63, 3.8) is 0 Å². The largest absolute Gasteiger partial charge is 0.458 e. The van der Waals surface area contributed by atoms with E-state index in [0.717, 1.165) is 57.4 Å². The fraction of sp³-hybridized carbons (Fsp3) is 0.432. The summed E-state index contributed by atoms with van der Waals surface area (Å²) < 4.78 is 13.2. The Labute approximate surface area is 296 Å². The van der Waals surface area contributed by atoms with E-state index in [1.54, 1.807) is 11.3 Å². The molecule has 4 heterocycles. The predicted octanol–water partition coefficient (Wildman–Crippen LogP) is 7.00. The van der Waals surface area contributed by atoms with Crippen molar-refractivity contribution in [2.45, 2.75) is 85.1 Å². The topological polar surface area (TPSA) is 111 Å². The molecule has 258 valence electrons. The number of rotatable bonds is 9. The summed E-state index contributed by atoms with van der Waals surface area (Å²) in [4.78, 5) is 34.4. The Morgan fingerprint density at radius 1 is 1.06 bits per heavy atom. The van der Waals surface area contributed by atoms with E-state index in [-0.39, 0.29) is 37.0 Å². The lowest BCUT2D eigenvalue weighted by atomic mass is 9.99. The van der Waals surface area contributed by atoms with Crippen LogP contribution in [0.15, 0.2) is 53.5 Å². The van der Waals surface area contributed by atoms with Crippen molar-refractivity contribution in [3.05, 3.63) is 92.3 Å². The highest BCUT2D eigenvalue weighted by Crippen LogP contribution is 2.39. The van der Waals surface area contributed by atoms with Gasteiger partial charge in [-0.3, -0.25) is 14.4 Å². The van der Waals surface area contributed by atoms with Crippen LogP contribution in [-0.4, -0.2) is 63.8 Å². The molecular formula is C37H43ClN6O4S. The van der Waals surface area contributed by atoms with Gasteiger partial charge in [0.15, 0.2) is 5.82 Å². The number of amides is 1. The van der Waals surface area contributed by atoms with Crippen molar-refractivity contribution in [1.29, 1.82) is 0 Å². The monoisotopic (exact) mass is 702 g/mol. The number of benzene rings is 2. The van der Waals surface area contributed by atoms with E-state index in [1.165, 1.54) is 4.88 Å². The average Bonchev–Trinajstić information content (AvgIpc) is 3.73. The van der Waals surface area contributed by atoms with Gasteiger partial charge in [0.1, 0.15) is 29.1 Å². The first-order valence-corrected chi connectivity index (χ1v) is 17.8. The van der Waals surface area contributed by atoms with Gasteiger partial charge in [0.05, 0.1) is 24.3 Å². The Morgan fingerprint density at radius 3 is 2.47 bits per heavy atom. The SMILES string of the molecule is Cc1sc2c(c1C)C(c1ccc(Cl)cc1)=N[C@@H](CC(=O)N[C@H](C)c1ccc(N3CC[C@@H](OCC(=O)OC(C)(C)C)C3)cc1)c1nnc(C)n1-2. The van der Waals surface area contributed by atoms with Gasteiger partial charge in [-0.05, 0) is 90.3 Å². The molecule has 1 saturated heterocycles. The van der Waals surface area contributed by atoms with E-state index in [0.29, 0.717) is 17.4 Å². The maximum absolute atomic E-state index is 13.6. The average molecular weight is 703 g/mol. The quantitative estimate of drug-likeness (QED) is 0.187. The summed E-state index contributed by atoms with van der Waals surface area (Å²) in [5.74, 6) is 0.923. The minimum Gasteiger partial charge on any atom is -0.458 e. The van der Waals surface area contributed by atoms with Crippen molar-refractivity contribution >= 4 is 46.2 Å². The van der Waals surface area contributed by atoms with Gasteiger partial charge in [0.25, 0.3) is 0 Å². The van der Waals surface area contributed by atoms with Gasteiger partial charge in [-0.2, -0.15) is 0 Å². The highest BCUT2D eigenvalue weighted by atomic mass is 35.5. The number of anilines is 1. The van der Waals surface area contributed by atoms with Crippen LogP contribution in [0.25, 0.3) is 5.00 Å². The second-order valence-corrected chi connectivity index (χ2v) is 15.4. The van der Waals surface area contributed by atoms with E-state index in [4.69, 9.17) is 26.1 Å². The van der Waals surface area contributed by atoms with Gasteiger partial charge >= 0.3 is 5.97 Å². The Bertz CT molecular complexity index is 1880. The molecule has 0 aliphatic carbocycles. The lowest BCUT2D eigenvalue weighted by Crippen LogP contribution is -2.29. The molecule has 2 aromatic carbocycles. The second kappa shape index (κ2) is 14.0. The van der Waals surface area contributed by atoms with Gasteiger partial charge in [-0.1, -0.05) is 35.9 Å². The molecule has 0 spiro atoms. The molecule has 49 heavy (non-hydrogen) atoms. The van der Waals surface area contributed by atoms with Crippen LogP contribution in [0.2, 0.25) is 5.02 Å². The molecule has 1 N–H and O–H groups in total. The number of nitrogens with one attached hydrogen (secondary N) is 1. The number of carbonyl (C=O) groups is 2. The molecule has 0 radical (unpaired) electrons. The van der Waals surface area contributed by atoms with Crippen molar-refractivity contribution in [1.82, 2.24) is 20.1 Å². The molecule has 2 aromatic heterocycles. The zero-order chi connectivity index (χ0) is 35.0. The summed E-state index contributed by atoms with van der Waals surface area (Å²) in [5.41, 5.74) is 5.46. The lowest BCUT2D eigenvalue weighted by Gasteiger charge is -2.22. The van der Waals surface area contributed by atoms with Crippen molar-refractivity contribution in [3.8, 4) is 5.00 Å². The standard InChI is InChI=1S/C37H43ClN6O4S/c1-21-23(3)49-36-33(21)34(26-8-12-27(38)13-9-26)40-30(35-42-41-24(4)44(35)36)18-31(45)39-22(2)25-10-14-28(15-11-25)43-17-16-29(19-43)47-20-32(46)48-37(5,6)7/h8-15,22,29-30H,16-20H2,1-7H3,(H,39,45)/t22-,29-,30+/m1/s1. The van der Waals surface area contributed by atoms with E-state index in [1.807, 2.05) is 71.0 Å². The first-order chi connectivity index (χ1) is 23.3. The number of hydrogen-bond donors (Lipinski definition) is 1. The summed E-state index contributed by atoms with van der Waals surface area (Å²) in [6, 6.07) is 15.1. The van der Waals surface area contributed by atoms with E-state index in [2.05, 4.69) is 51.0 Å². The van der Waals surface area contributed by atoms with Crippen LogP contribution in [0.5, 0.6) is 0 Å². The second-order valence-electron chi connectivity index (χ2n) is 13.7. The summed E-state index contributed by atoms with van der Waals surface area (Å²) in [5, 5.41) is 13.8. The molecule has 6 rings (SSSR count). The zero-order valence-electron chi connectivity index (χ0n) is 29.0. The molecule has 0 saturated carbocycles. The van der Waals surface area contributed by atoms with E-state index < -0.39 is 11.6 Å². The number of esters is 1. The number of thiophene rings is 1. The van der Waals surface area contributed by atoms with Crippen LogP contribution < -0.4 is 10.2 Å². The first-order valence-electron chi connectivity index (χ1n) is 16.6. The predicted molar refractivity (Wildman–Crippen MR) is 193 cm³/mol. The number of carbonyl (C=O) groups excluding carboxylic acids is 2. The van der Waals surface area contributed by atoms with E-state index >= 15 is 0 Å². The highest BCUT2D eigenvalue weighted by molar-refractivity contribution is 7.15. The smallest absolute Gasteiger partial charge is 0.332 e. The number of ether oxygens (including phenoxy) is 2. The summed E-state index contributed by atoms with van der Waals surface area (Å²) >= 11 is 7.92. The van der Waals surface area contributed by atoms with E-state index in [9.17, 15) is 9.59 Å².